The van der Waals surface area contributed by atoms with E-state index in [1.165, 1.54) is 7.11 Å². The number of ether oxygens (including phenoxy) is 3. The highest BCUT2D eigenvalue weighted by Crippen LogP contribution is 2.37. The van der Waals surface area contributed by atoms with Gasteiger partial charge in [-0.25, -0.2) is 4.98 Å². The number of carbonyl (C=O) groups excluding carboxylic acids is 1. The summed E-state index contributed by atoms with van der Waals surface area (Å²) in [4.78, 5) is 17.6. The third-order valence-electron chi connectivity index (χ3n) is 4.11. The van der Waals surface area contributed by atoms with E-state index in [0.29, 0.717) is 28.8 Å². The van der Waals surface area contributed by atoms with Crippen LogP contribution in [0.2, 0.25) is 0 Å². The second kappa shape index (κ2) is 9.33. The van der Waals surface area contributed by atoms with Crippen molar-refractivity contribution in [1.82, 2.24) is 19.5 Å². The van der Waals surface area contributed by atoms with Crippen molar-refractivity contribution < 1.29 is 19.0 Å². The van der Waals surface area contributed by atoms with Gasteiger partial charge >= 0.3 is 0 Å². The fourth-order valence-electron chi connectivity index (χ4n) is 2.72. The lowest BCUT2D eigenvalue weighted by molar-refractivity contribution is 0.0978. The molecule has 0 fully saturated rings. The number of benzene rings is 1. The highest BCUT2D eigenvalue weighted by molar-refractivity contribution is 7.98. The van der Waals surface area contributed by atoms with Crippen LogP contribution in [0.4, 0.5) is 0 Å². The van der Waals surface area contributed by atoms with Gasteiger partial charge < -0.3 is 14.2 Å². The zero-order chi connectivity index (χ0) is 20.8. The third kappa shape index (κ3) is 4.80. The smallest absolute Gasteiger partial charge is 0.280 e. The fraction of sp³-hybridized carbons (Fsp3) is 0.250. The topological polar surface area (TPSA) is 87.5 Å². The van der Waals surface area contributed by atoms with Crippen LogP contribution in [0.25, 0.3) is 0 Å². The molecule has 0 atom stereocenters. The molecule has 0 aliphatic carbocycles. The number of aryl methyl sites for hydroxylation is 1. The van der Waals surface area contributed by atoms with Gasteiger partial charge in [0.05, 0.1) is 27.9 Å². The maximum Gasteiger partial charge on any atom is 0.280 e. The van der Waals surface area contributed by atoms with Crippen molar-refractivity contribution in [1.29, 1.82) is 0 Å². The number of hydrogen-bond acceptors (Lipinski definition) is 7. The minimum Gasteiger partial charge on any atom is -0.495 e. The Hall–Kier alpha value is -3.20. The Bertz CT molecular complexity index is 967. The van der Waals surface area contributed by atoms with Gasteiger partial charge in [-0.1, -0.05) is 0 Å². The molecule has 9 heteroatoms. The van der Waals surface area contributed by atoms with Gasteiger partial charge in [-0.3, -0.25) is 14.2 Å². The van der Waals surface area contributed by atoms with E-state index in [9.17, 15) is 4.79 Å². The number of aromatic nitrogens is 3. The number of hydrogen-bond donors (Lipinski definition) is 1. The second-order valence-corrected chi connectivity index (χ2v) is 6.92. The van der Waals surface area contributed by atoms with Crippen molar-refractivity contribution in [3.05, 3.63) is 59.5 Å². The summed E-state index contributed by atoms with van der Waals surface area (Å²) in [6.07, 6.45) is 3.55. The van der Waals surface area contributed by atoms with Crippen LogP contribution in [0.3, 0.4) is 0 Å². The van der Waals surface area contributed by atoms with Gasteiger partial charge in [0.15, 0.2) is 0 Å². The molecule has 1 N–H and O–H groups in total. The van der Waals surface area contributed by atoms with Crippen molar-refractivity contribution >= 4 is 17.9 Å². The Morgan fingerprint density at radius 3 is 2.45 bits per heavy atom. The molecule has 2 heterocycles. The molecule has 29 heavy (non-hydrogen) atoms. The lowest BCUT2D eigenvalue weighted by atomic mass is 10.2. The molecule has 0 radical (unpaired) electrons. The number of nitrogens with one attached hydrogen (secondary N) is 1. The van der Waals surface area contributed by atoms with E-state index in [1.54, 1.807) is 37.2 Å². The van der Waals surface area contributed by atoms with Crippen LogP contribution in [0.1, 0.15) is 21.6 Å². The molecule has 2 aromatic heterocycles. The largest absolute Gasteiger partial charge is 0.495 e. The second-order valence-electron chi connectivity index (χ2n) is 6.10. The van der Waals surface area contributed by atoms with Gasteiger partial charge in [0, 0.05) is 18.0 Å². The number of rotatable bonds is 8. The molecule has 8 nitrogen and oxygen atoms in total. The molecule has 3 rings (SSSR count). The number of methoxy groups -OCH3 is 3. The Morgan fingerprint density at radius 1 is 1.14 bits per heavy atom. The molecule has 0 spiro atoms. The fourth-order valence-corrected chi connectivity index (χ4v) is 3.51. The Morgan fingerprint density at radius 2 is 1.86 bits per heavy atom. The molecule has 1 aromatic carbocycles. The molecule has 152 valence electrons. The molecule has 3 aromatic rings. The van der Waals surface area contributed by atoms with E-state index in [2.05, 4.69) is 14.8 Å². The van der Waals surface area contributed by atoms with Gasteiger partial charge in [0.2, 0.25) is 5.88 Å². The average molecular weight is 414 g/mol. The minimum absolute atomic E-state index is 0.239. The van der Waals surface area contributed by atoms with Gasteiger partial charge in [-0.2, -0.15) is 5.10 Å². The van der Waals surface area contributed by atoms with Crippen LogP contribution in [0.5, 0.6) is 17.4 Å². The first-order valence-electron chi connectivity index (χ1n) is 8.76. The monoisotopic (exact) mass is 414 g/mol. The Balaban J connectivity index is 1.76. The summed E-state index contributed by atoms with van der Waals surface area (Å²) in [6, 6.07) is 9.05. The van der Waals surface area contributed by atoms with Gasteiger partial charge in [-0.15, -0.1) is 0 Å². The molecule has 0 saturated carbocycles. The van der Waals surface area contributed by atoms with Crippen LogP contribution < -0.4 is 18.9 Å². The molecular formula is C20H22N4O4S. The van der Waals surface area contributed by atoms with Crippen LogP contribution in [-0.4, -0.2) is 42.0 Å². The lowest BCUT2D eigenvalue weighted by Crippen LogP contribution is -2.18. The molecule has 1 amide bonds. The summed E-state index contributed by atoms with van der Waals surface area (Å²) in [6.45, 7) is 2.44. The summed E-state index contributed by atoms with van der Waals surface area (Å²) >= 11 is 1.11. The molecule has 0 unspecified atom stereocenters. The van der Waals surface area contributed by atoms with Crippen LogP contribution in [0, 0.1) is 6.92 Å². The number of amides is 1. The standard InChI is InChI=1S/C20H22N4O4S/c1-13-10-16(26-2)18(17(11-13)27-3)29-23-19(25)15-7-6-14(20(22-15)28-4)12-24-9-5-8-21-24/h5-11H,12H2,1-4H3,(H,23,25). The third-order valence-corrected chi connectivity index (χ3v) is 5.00. The molecule has 0 aliphatic rings. The lowest BCUT2D eigenvalue weighted by Gasteiger charge is -2.14. The van der Waals surface area contributed by atoms with Crippen LogP contribution >= 0.6 is 11.9 Å². The van der Waals surface area contributed by atoms with Gasteiger partial charge in [-0.05, 0) is 54.8 Å². The van der Waals surface area contributed by atoms with Gasteiger partial charge in [0.1, 0.15) is 22.1 Å². The van der Waals surface area contributed by atoms with E-state index in [1.807, 2.05) is 31.3 Å². The van der Waals surface area contributed by atoms with Crippen molar-refractivity contribution in [3.8, 4) is 17.4 Å². The quantitative estimate of drug-likeness (QED) is 0.567. The number of carbonyl (C=O) groups is 1. The highest BCUT2D eigenvalue weighted by atomic mass is 32.2. The summed E-state index contributed by atoms with van der Waals surface area (Å²) in [5, 5.41) is 4.17. The average Bonchev–Trinajstić information content (AvgIpc) is 3.25. The van der Waals surface area contributed by atoms with Crippen molar-refractivity contribution in [2.75, 3.05) is 21.3 Å². The maximum atomic E-state index is 12.6. The van der Waals surface area contributed by atoms with Crippen LogP contribution in [0.15, 0.2) is 47.6 Å². The van der Waals surface area contributed by atoms with E-state index >= 15 is 0 Å². The highest BCUT2D eigenvalue weighted by Gasteiger charge is 2.17. The normalized spacial score (nSPS) is 10.5. The zero-order valence-electron chi connectivity index (χ0n) is 16.6. The summed E-state index contributed by atoms with van der Waals surface area (Å²) in [7, 11) is 4.67. The molecule has 0 bridgehead atoms. The Kier molecular flexibility index (Phi) is 6.61. The molecule has 0 saturated heterocycles. The minimum atomic E-state index is -0.358. The van der Waals surface area contributed by atoms with Crippen LogP contribution in [-0.2, 0) is 6.54 Å². The zero-order valence-corrected chi connectivity index (χ0v) is 17.4. The molecule has 0 aliphatic heterocycles. The first-order chi connectivity index (χ1) is 14.0. The molecular weight excluding hydrogens is 392 g/mol. The van der Waals surface area contributed by atoms with Crippen molar-refractivity contribution in [2.24, 2.45) is 0 Å². The van der Waals surface area contributed by atoms with E-state index in [-0.39, 0.29) is 11.6 Å². The summed E-state index contributed by atoms with van der Waals surface area (Å²) in [5.41, 5.74) is 2.06. The predicted molar refractivity (Wildman–Crippen MR) is 110 cm³/mol. The van der Waals surface area contributed by atoms with Gasteiger partial charge in [0.25, 0.3) is 5.91 Å². The van der Waals surface area contributed by atoms with E-state index < -0.39 is 0 Å². The SMILES string of the molecule is COc1cc(C)cc(OC)c1SNC(=O)c1ccc(Cn2cccn2)c(OC)n1. The first kappa shape index (κ1) is 20.5. The van der Waals surface area contributed by atoms with Crippen molar-refractivity contribution in [3.63, 3.8) is 0 Å². The Labute approximate surface area is 173 Å². The number of nitrogens with zero attached hydrogens (tertiary/aromatic N) is 3. The maximum absolute atomic E-state index is 12.6. The summed E-state index contributed by atoms with van der Waals surface area (Å²) in [5.74, 6) is 1.26. The van der Waals surface area contributed by atoms with Crippen molar-refractivity contribution in [2.45, 2.75) is 18.4 Å². The number of pyridine rings is 1. The predicted octanol–water partition coefficient (Wildman–Crippen LogP) is 3.10. The van der Waals surface area contributed by atoms with E-state index in [0.717, 1.165) is 23.1 Å². The summed E-state index contributed by atoms with van der Waals surface area (Å²) < 4.78 is 20.7. The van der Waals surface area contributed by atoms with E-state index in [4.69, 9.17) is 14.2 Å². The first-order valence-corrected chi connectivity index (χ1v) is 9.58.